The maximum absolute atomic E-state index is 13.2. The number of nitrogens with zero attached hydrogens (tertiary/aromatic N) is 1. The number of rotatable bonds is 8. The fourth-order valence-electron chi connectivity index (χ4n) is 2.15. The van der Waals surface area contributed by atoms with Crippen LogP contribution < -0.4 is 5.32 Å². The summed E-state index contributed by atoms with van der Waals surface area (Å²) in [6.45, 7) is 1.40. The van der Waals surface area contributed by atoms with Crippen molar-refractivity contribution in [3.05, 3.63) is 36.0 Å². The molecule has 0 aromatic carbocycles. The highest BCUT2D eigenvalue weighted by atomic mass is 19.1. The summed E-state index contributed by atoms with van der Waals surface area (Å²) in [5.41, 5.74) is 0. The van der Waals surface area contributed by atoms with Crippen molar-refractivity contribution in [2.24, 2.45) is 0 Å². The molecule has 2 amide bonds. The summed E-state index contributed by atoms with van der Waals surface area (Å²) in [4.78, 5) is 23.8. The van der Waals surface area contributed by atoms with Gasteiger partial charge in [-0.2, -0.15) is 4.39 Å². The number of halogens is 1. The van der Waals surface area contributed by atoms with Crippen molar-refractivity contribution >= 4 is 11.8 Å². The molecular weight excluding hydrogens is 275 g/mol. The van der Waals surface area contributed by atoms with Crippen LogP contribution in [0.15, 0.2) is 36.0 Å². The minimum absolute atomic E-state index is 0.234. The topological polar surface area (TPSA) is 58.6 Å². The van der Waals surface area contributed by atoms with Gasteiger partial charge in [0.2, 0.25) is 5.95 Å². The molecule has 0 aromatic heterocycles. The van der Waals surface area contributed by atoms with E-state index in [0.717, 1.165) is 25.7 Å². The zero-order valence-electron chi connectivity index (χ0n) is 11.8. The second-order valence-corrected chi connectivity index (χ2v) is 4.89. The van der Waals surface area contributed by atoms with Gasteiger partial charge in [-0.25, -0.2) is 0 Å². The van der Waals surface area contributed by atoms with Crippen LogP contribution in [-0.2, 0) is 14.3 Å². The summed E-state index contributed by atoms with van der Waals surface area (Å²) in [6, 6.07) is 0. The number of carbonyl (C=O) groups is 2. The number of hydrogen-bond acceptors (Lipinski definition) is 4. The van der Waals surface area contributed by atoms with E-state index in [1.54, 1.807) is 12.2 Å². The predicted octanol–water partition coefficient (Wildman–Crippen LogP) is 1.79. The molecule has 0 bridgehead atoms. The lowest BCUT2D eigenvalue weighted by atomic mass is 10.2. The van der Waals surface area contributed by atoms with Crippen LogP contribution in [-0.4, -0.2) is 36.4 Å². The Morgan fingerprint density at radius 3 is 2.52 bits per heavy atom. The minimum atomic E-state index is -0.420. The second-order valence-electron chi connectivity index (χ2n) is 4.89. The summed E-state index contributed by atoms with van der Waals surface area (Å²) in [7, 11) is 0. The van der Waals surface area contributed by atoms with Gasteiger partial charge in [0, 0.05) is 25.2 Å². The van der Waals surface area contributed by atoms with Crippen LogP contribution in [0.25, 0.3) is 0 Å². The molecule has 2 heterocycles. The maximum Gasteiger partial charge on any atom is 0.253 e. The Morgan fingerprint density at radius 2 is 1.81 bits per heavy atom. The van der Waals surface area contributed by atoms with E-state index in [2.05, 4.69) is 5.32 Å². The van der Waals surface area contributed by atoms with Gasteiger partial charge < -0.3 is 10.1 Å². The lowest BCUT2D eigenvalue weighted by Gasteiger charge is -2.14. The van der Waals surface area contributed by atoms with Crippen LogP contribution in [0.2, 0.25) is 0 Å². The van der Waals surface area contributed by atoms with E-state index in [1.165, 1.54) is 17.1 Å². The van der Waals surface area contributed by atoms with Crippen molar-refractivity contribution in [1.29, 1.82) is 0 Å². The molecule has 0 aliphatic carbocycles. The van der Waals surface area contributed by atoms with Gasteiger partial charge in [0.05, 0.1) is 6.61 Å². The number of ether oxygens (including phenoxy) is 1. The highest BCUT2D eigenvalue weighted by Crippen LogP contribution is 2.12. The third kappa shape index (κ3) is 4.44. The van der Waals surface area contributed by atoms with E-state index < -0.39 is 5.95 Å². The van der Waals surface area contributed by atoms with Gasteiger partial charge >= 0.3 is 0 Å². The van der Waals surface area contributed by atoms with E-state index in [9.17, 15) is 14.0 Å². The molecule has 0 radical (unpaired) electrons. The first-order chi connectivity index (χ1) is 10.2. The van der Waals surface area contributed by atoms with Crippen molar-refractivity contribution in [2.45, 2.75) is 25.7 Å². The number of dihydropyridines is 1. The average molecular weight is 294 g/mol. The molecule has 2 rings (SSSR count). The van der Waals surface area contributed by atoms with Gasteiger partial charge in [-0.3, -0.25) is 14.5 Å². The smallest absolute Gasteiger partial charge is 0.253 e. The molecule has 6 heteroatoms. The molecule has 0 fully saturated rings. The second kappa shape index (κ2) is 7.61. The van der Waals surface area contributed by atoms with Crippen molar-refractivity contribution in [3.8, 4) is 0 Å². The SMILES string of the molecule is O=C1C=CC(=O)N1CCCCCCOC1=C(F)NCC=C1. The van der Waals surface area contributed by atoms with E-state index in [0.29, 0.717) is 19.7 Å². The number of carbonyl (C=O) groups excluding carboxylic acids is 2. The molecule has 0 saturated heterocycles. The highest BCUT2D eigenvalue weighted by molar-refractivity contribution is 6.12. The molecular formula is C15H19FN2O3. The van der Waals surface area contributed by atoms with Gasteiger partial charge in [-0.1, -0.05) is 18.9 Å². The highest BCUT2D eigenvalue weighted by Gasteiger charge is 2.22. The number of hydrogen-bond donors (Lipinski definition) is 1. The number of amides is 2. The summed E-state index contributed by atoms with van der Waals surface area (Å²) < 4.78 is 18.6. The standard InChI is InChI=1S/C15H19FN2O3/c16-15-12(6-5-9-17-15)21-11-4-2-1-3-10-18-13(19)7-8-14(18)20/h5-8,17H,1-4,9-11H2. The zero-order valence-corrected chi connectivity index (χ0v) is 11.8. The van der Waals surface area contributed by atoms with Gasteiger partial charge in [0.15, 0.2) is 5.76 Å². The molecule has 0 atom stereocenters. The Kier molecular flexibility index (Phi) is 5.54. The first-order valence-corrected chi connectivity index (χ1v) is 7.15. The Balaban J connectivity index is 1.52. The quantitative estimate of drug-likeness (QED) is 0.421. The molecule has 21 heavy (non-hydrogen) atoms. The summed E-state index contributed by atoms with van der Waals surface area (Å²) in [5, 5.41) is 2.56. The maximum atomic E-state index is 13.2. The van der Waals surface area contributed by atoms with Crippen LogP contribution in [0, 0.1) is 0 Å². The third-order valence-electron chi connectivity index (χ3n) is 3.29. The Hall–Kier alpha value is -2.11. The molecule has 0 spiro atoms. The largest absolute Gasteiger partial charge is 0.489 e. The predicted molar refractivity (Wildman–Crippen MR) is 75.6 cm³/mol. The number of allylic oxidation sites excluding steroid dienone is 1. The Labute approximate surface area is 123 Å². The van der Waals surface area contributed by atoms with Crippen LogP contribution in [0.3, 0.4) is 0 Å². The van der Waals surface area contributed by atoms with Crippen LogP contribution in [0.5, 0.6) is 0 Å². The molecule has 114 valence electrons. The van der Waals surface area contributed by atoms with Crippen molar-refractivity contribution in [1.82, 2.24) is 10.2 Å². The van der Waals surface area contributed by atoms with Crippen LogP contribution in [0.1, 0.15) is 25.7 Å². The summed E-state index contributed by atoms with van der Waals surface area (Å²) in [5.74, 6) is -0.638. The van der Waals surface area contributed by atoms with Gasteiger partial charge in [-0.15, -0.1) is 0 Å². The lowest BCUT2D eigenvalue weighted by molar-refractivity contribution is -0.136. The van der Waals surface area contributed by atoms with Gasteiger partial charge in [-0.05, 0) is 18.9 Å². The molecule has 2 aliphatic rings. The lowest BCUT2D eigenvalue weighted by Crippen LogP contribution is -2.30. The summed E-state index contributed by atoms with van der Waals surface area (Å²) >= 11 is 0. The fourth-order valence-corrected chi connectivity index (χ4v) is 2.15. The van der Waals surface area contributed by atoms with Crippen molar-refractivity contribution in [2.75, 3.05) is 19.7 Å². The third-order valence-corrected chi connectivity index (χ3v) is 3.29. The van der Waals surface area contributed by atoms with Gasteiger partial charge in [0.25, 0.3) is 11.8 Å². The van der Waals surface area contributed by atoms with E-state index in [-0.39, 0.29) is 17.6 Å². The molecule has 0 aromatic rings. The van der Waals surface area contributed by atoms with Crippen molar-refractivity contribution in [3.63, 3.8) is 0 Å². The number of unbranched alkanes of at least 4 members (excludes halogenated alkanes) is 3. The Morgan fingerprint density at radius 1 is 1.10 bits per heavy atom. The molecule has 1 N–H and O–H groups in total. The molecule has 0 saturated carbocycles. The average Bonchev–Trinajstić information content (AvgIpc) is 2.79. The van der Waals surface area contributed by atoms with Gasteiger partial charge in [0.1, 0.15) is 0 Å². The van der Waals surface area contributed by atoms with Crippen LogP contribution >= 0.6 is 0 Å². The van der Waals surface area contributed by atoms with E-state index in [4.69, 9.17) is 4.74 Å². The zero-order chi connectivity index (χ0) is 15.1. The number of imide groups is 1. The monoisotopic (exact) mass is 294 g/mol. The number of nitrogens with one attached hydrogen (secondary N) is 1. The normalized spacial score (nSPS) is 17.7. The first kappa shape index (κ1) is 15.3. The van der Waals surface area contributed by atoms with E-state index in [1.807, 2.05) is 0 Å². The molecule has 2 aliphatic heterocycles. The molecule has 0 unspecified atom stereocenters. The first-order valence-electron chi connectivity index (χ1n) is 7.15. The van der Waals surface area contributed by atoms with E-state index >= 15 is 0 Å². The minimum Gasteiger partial charge on any atom is -0.489 e. The summed E-state index contributed by atoms with van der Waals surface area (Å²) in [6.07, 6.45) is 9.42. The fraction of sp³-hybridized carbons (Fsp3) is 0.467. The van der Waals surface area contributed by atoms with Crippen molar-refractivity contribution < 1.29 is 18.7 Å². The molecule has 5 nitrogen and oxygen atoms in total. The Bertz CT molecular complexity index is 479. The van der Waals surface area contributed by atoms with Crippen LogP contribution in [0.4, 0.5) is 4.39 Å².